The second-order valence-corrected chi connectivity index (χ2v) is 7.84. The molecule has 1 aliphatic rings. The molecular formula is C22H18F4N6O. The fraction of sp³-hybridized carbons (Fsp3) is 0.273. The number of benzene rings is 2. The second kappa shape index (κ2) is 8.74. The van der Waals surface area contributed by atoms with Gasteiger partial charge in [0.25, 0.3) is 5.89 Å². The molecule has 1 aliphatic heterocycles. The van der Waals surface area contributed by atoms with E-state index in [0.29, 0.717) is 30.9 Å². The van der Waals surface area contributed by atoms with Crippen molar-refractivity contribution >= 4 is 0 Å². The standard InChI is InChI=1S/C22H18F4N6O/c23-17-10-31(11-17)8-13-1-3-14(4-2-13)19-12-32(30-27-19)9-16-6-5-15(7-18(16)24)21-28-29-22(33-21)20(25)26/h1-7,12,17,20H,8-11H2. The molecule has 0 bridgehead atoms. The Morgan fingerprint density at radius 1 is 0.970 bits per heavy atom. The first-order chi connectivity index (χ1) is 15.9. The second-order valence-electron chi connectivity index (χ2n) is 7.84. The number of hydrogen-bond donors (Lipinski definition) is 0. The van der Waals surface area contributed by atoms with Crippen LogP contribution in [0.3, 0.4) is 0 Å². The fourth-order valence-electron chi connectivity index (χ4n) is 3.61. The first kappa shape index (κ1) is 21.3. The smallest absolute Gasteiger partial charge is 0.314 e. The van der Waals surface area contributed by atoms with Gasteiger partial charge in [0.2, 0.25) is 5.89 Å². The summed E-state index contributed by atoms with van der Waals surface area (Å²) in [5, 5.41) is 15.0. The highest BCUT2D eigenvalue weighted by Gasteiger charge is 2.25. The number of rotatable bonds is 7. The van der Waals surface area contributed by atoms with Crippen LogP contribution in [0.25, 0.3) is 22.7 Å². The minimum Gasteiger partial charge on any atom is -0.415 e. The Kier molecular flexibility index (Phi) is 5.63. The van der Waals surface area contributed by atoms with Gasteiger partial charge >= 0.3 is 6.43 Å². The molecule has 0 atom stereocenters. The van der Waals surface area contributed by atoms with Crippen LogP contribution in [0, 0.1) is 5.82 Å². The van der Waals surface area contributed by atoms with E-state index in [9.17, 15) is 17.6 Å². The molecule has 2 aromatic heterocycles. The first-order valence-electron chi connectivity index (χ1n) is 10.2. The molecule has 170 valence electrons. The molecule has 7 nitrogen and oxygen atoms in total. The summed E-state index contributed by atoms with van der Waals surface area (Å²) in [5.41, 5.74) is 3.12. The SMILES string of the molecule is Fc1cc(-c2nnc(C(F)F)o2)ccc1Cn1cc(-c2ccc(CN3CC(F)C3)cc2)nn1. The molecule has 1 fully saturated rings. The molecule has 33 heavy (non-hydrogen) atoms. The van der Waals surface area contributed by atoms with Gasteiger partial charge in [-0.25, -0.2) is 13.5 Å². The van der Waals surface area contributed by atoms with Crippen LogP contribution in [-0.4, -0.2) is 49.4 Å². The van der Waals surface area contributed by atoms with Crippen LogP contribution in [0.15, 0.2) is 53.1 Å². The Balaban J connectivity index is 1.25. The van der Waals surface area contributed by atoms with Gasteiger partial charge < -0.3 is 4.42 Å². The zero-order valence-electron chi connectivity index (χ0n) is 17.2. The molecule has 0 unspecified atom stereocenters. The number of likely N-dealkylation sites (tertiary alicyclic amines) is 1. The van der Waals surface area contributed by atoms with Crippen LogP contribution >= 0.6 is 0 Å². The molecule has 0 saturated carbocycles. The van der Waals surface area contributed by atoms with E-state index in [1.165, 1.54) is 16.8 Å². The van der Waals surface area contributed by atoms with E-state index in [1.54, 1.807) is 6.20 Å². The van der Waals surface area contributed by atoms with Crippen molar-refractivity contribution in [3.8, 4) is 22.7 Å². The van der Waals surface area contributed by atoms with Gasteiger partial charge in [-0.3, -0.25) is 4.90 Å². The monoisotopic (exact) mass is 458 g/mol. The van der Waals surface area contributed by atoms with Gasteiger partial charge in [-0.2, -0.15) is 8.78 Å². The summed E-state index contributed by atoms with van der Waals surface area (Å²) in [6.07, 6.45) is -1.91. The van der Waals surface area contributed by atoms with Crippen molar-refractivity contribution in [1.82, 2.24) is 30.1 Å². The van der Waals surface area contributed by atoms with Crippen LogP contribution in [0.5, 0.6) is 0 Å². The van der Waals surface area contributed by atoms with Crippen molar-refractivity contribution in [3.63, 3.8) is 0 Å². The van der Waals surface area contributed by atoms with E-state index in [0.717, 1.165) is 17.2 Å². The Labute approximate surface area is 185 Å². The highest BCUT2D eigenvalue weighted by Crippen LogP contribution is 2.25. The average molecular weight is 458 g/mol. The van der Waals surface area contributed by atoms with Crippen LogP contribution in [0.2, 0.25) is 0 Å². The number of nitrogens with zero attached hydrogens (tertiary/aromatic N) is 6. The third kappa shape index (κ3) is 4.63. The predicted octanol–water partition coefficient (Wildman–Crippen LogP) is 4.27. The minimum atomic E-state index is -2.89. The third-order valence-electron chi connectivity index (χ3n) is 5.37. The van der Waals surface area contributed by atoms with Crippen molar-refractivity contribution in [1.29, 1.82) is 0 Å². The van der Waals surface area contributed by atoms with E-state index in [4.69, 9.17) is 4.42 Å². The van der Waals surface area contributed by atoms with Crippen molar-refractivity contribution < 1.29 is 22.0 Å². The maximum atomic E-state index is 14.6. The summed E-state index contributed by atoms with van der Waals surface area (Å²) in [4.78, 5) is 2.03. The molecule has 0 radical (unpaired) electrons. The Bertz CT molecular complexity index is 1250. The molecule has 11 heteroatoms. The first-order valence-corrected chi connectivity index (χ1v) is 10.2. The Hall–Kier alpha value is -3.60. The van der Waals surface area contributed by atoms with Gasteiger partial charge in [-0.15, -0.1) is 15.3 Å². The lowest BCUT2D eigenvalue weighted by Gasteiger charge is -2.34. The van der Waals surface area contributed by atoms with Crippen molar-refractivity contribution in [3.05, 3.63) is 71.5 Å². The molecule has 5 rings (SSSR count). The number of hydrogen-bond acceptors (Lipinski definition) is 6. The molecular weight excluding hydrogens is 440 g/mol. The van der Waals surface area contributed by atoms with E-state index in [1.807, 2.05) is 29.2 Å². The molecule has 0 amide bonds. The topological polar surface area (TPSA) is 72.9 Å². The van der Waals surface area contributed by atoms with E-state index >= 15 is 0 Å². The van der Waals surface area contributed by atoms with E-state index < -0.39 is 24.3 Å². The summed E-state index contributed by atoms with van der Waals surface area (Å²) >= 11 is 0. The van der Waals surface area contributed by atoms with E-state index in [2.05, 4.69) is 20.5 Å². The molecule has 0 spiro atoms. The molecule has 0 N–H and O–H groups in total. The predicted molar refractivity (Wildman–Crippen MR) is 109 cm³/mol. The number of aromatic nitrogens is 5. The number of alkyl halides is 3. The summed E-state index contributed by atoms with van der Waals surface area (Å²) in [6, 6.07) is 11.9. The molecule has 0 aliphatic carbocycles. The summed E-state index contributed by atoms with van der Waals surface area (Å²) in [7, 11) is 0. The number of halogens is 4. The normalized spacial score (nSPS) is 14.7. The Morgan fingerprint density at radius 3 is 2.39 bits per heavy atom. The highest BCUT2D eigenvalue weighted by molar-refractivity contribution is 5.58. The quantitative estimate of drug-likeness (QED) is 0.385. The lowest BCUT2D eigenvalue weighted by Crippen LogP contribution is -2.47. The van der Waals surface area contributed by atoms with Gasteiger partial charge in [0.05, 0.1) is 12.7 Å². The van der Waals surface area contributed by atoms with Gasteiger partial charge in [0.15, 0.2) is 0 Å². The fourth-order valence-corrected chi connectivity index (χ4v) is 3.61. The highest BCUT2D eigenvalue weighted by atomic mass is 19.3. The third-order valence-corrected chi connectivity index (χ3v) is 5.37. The van der Waals surface area contributed by atoms with Crippen LogP contribution < -0.4 is 0 Å². The summed E-state index contributed by atoms with van der Waals surface area (Å²) in [5.74, 6) is -1.56. The summed E-state index contributed by atoms with van der Waals surface area (Å²) < 4.78 is 59.1. The van der Waals surface area contributed by atoms with Gasteiger partial charge in [-0.05, 0) is 17.7 Å². The zero-order chi connectivity index (χ0) is 22.9. The average Bonchev–Trinajstić information content (AvgIpc) is 3.45. The van der Waals surface area contributed by atoms with Crippen LogP contribution in [-0.2, 0) is 13.1 Å². The Morgan fingerprint density at radius 2 is 1.73 bits per heavy atom. The van der Waals surface area contributed by atoms with Crippen molar-refractivity contribution in [2.75, 3.05) is 13.1 Å². The lowest BCUT2D eigenvalue weighted by atomic mass is 10.1. The van der Waals surface area contributed by atoms with Gasteiger partial charge in [0, 0.05) is 36.3 Å². The molecule has 1 saturated heterocycles. The molecule has 4 aromatic rings. The van der Waals surface area contributed by atoms with Crippen molar-refractivity contribution in [2.24, 2.45) is 0 Å². The van der Waals surface area contributed by atoms with Crippen molar-refractivity contribution in [2.45, 2.75) is 25.7 Å². The molecule has 2 aromatic carbocycles. The van der Waals surface area contributed by atoms with E-state index in [-0.39, 0.29) is 18.0 Å². The van der Waals surface area contributed by atoms with Gasteiger partial charge in [-0.1, -0.05) is 35.5 Å². The van der Waals surface area contributed by atoms with Gasteiger partial charge in [0.1, 0.15) is 17.7 Å². The van der Waals surface area contributed by atoms with Crippen LogP contribution in [0.1, 0.15) is 23.4 Å². The maximum Gasteiger partial charge on any atom is 0.314 e. The molecule has 3 heterocycles. The van der Waals surface area contributed by atoms with Crippen LogP contribution in [0.4, 0.5) is 17.6 Å². The zero-order valence-corrected chi connectivity index (χ0v) is 17.2. The minimum absolute atomic E-state index is 0.128. The summed E-state index contributed by atoms with van der Waals surface area (Å²) in [6.45, 7) is 1.77. The maximum absolute atomic E-state index is 14.6. The largest absolute Gasteiger partial charge is 0.415 e. The lowest BCUT2D eigenvalue weighted by molar-refractivity contribution is 0.0591.